The number of nitrogens with zero attached hydrogens (tertiary/aromatic N) is 1. The van der Waals surface area contributed by atoms with E-state index in [4.69, 9.17) is 4.74 Å². The van der Waals surface area contributed by atoms with Crippen molar-refractivity contribution >= 4 is 29.3 Å². The molecule has 1 aromatic carbocycles. The van der Waals surface area contributed by atoms with E-state index in [0.29, 0.717) is 17.9 Å². The van der Waals surface area contributed by atoms with Gasteiger partial charge in [0, 0.05) is 37.0 Å². The number of ether oxygens (including phenoxy) is 1. The molecule has 27 heavy (non-hydrogen) atoms. The SMILES string of the molecule is CC(=O)Nc1ccccc1SCC(=O)N[C@@H]1C[C@H]2CO[C@@H](C3CC3)CN2C1. The molecule has 6 nitrogen and oxygen atoms in total. The molecule has 1 aromatic rings. The highest BCUT2D eigenvalue weighted by molar-refractivity contribution is 8.00. The molecule has 3 aliphatic rings. The molecule has 0 unspecified atom stereocenters. The lowest BCUT2D eigenvalue weighted by Crippen LogP contribution is -2.47. The van der Waals surface area contributed by atoms with Gasteiger partial charge >= 0.3 is 0 Å². The number of thioether (sulfide) groups is 1. The molecule has 1 aliphatic carbocycles. The van der Waals surface area contributed by atoms with E-state index in [-0.39, 0.29) is 17.9 Å². The van der Waals surface area contributed by atoms with Crippen LogP contribution < -0.4 is 10.6 Å². The van der Waals surface area contributed by atoms with Crippen LogP contribution in [0.4, 0.5) is 5.69 Å². The lowest BCUT2D eigenvalue weighted by molar-refractivity contribution is -0.119. The summed E-state index contributed by atoms with van der Waals surface area (Å²) in [6.45, 7) is 4.23. The summed E-state index contributed by atoms with van der Waals surface area (Å²) in [6.07, 6.45) is 3.98. The van der Waals surface area contributed by atoms with Gasteiger partial charge in [0.2, 0.25) is 11.8 Å². The van der Waals surface area contributed by atoms with Crippen LogP contribution in [0.1, 0.15) is 26.2 Å². The monoisotopic (exact) mass is 389 g/mol. The largest absolute Gasteiger partial charge is 0.375 e. The fourth-order valence-electron chi connectivity index (χ4n) is 4.06. The highest BCUT2D eigenvalue weighted by Crippen LogP contribution is 2.38. The van der Waals surface area contributed by atoms with E-state index >= 15 is 0 Å². The maximum absolute atomic E-state index is 12.4. The molecule has 7 heteroatoms. The number of rotatable bonds is 6. The summed E-state index contributed by atoms with van der Waals surface area (Å²) >= 11 is 1.45. The Morgan fingerprint density at radius 3 is 2.85 bits per heavy atom. The van der Waals surface area contributed by atoms with Gasteiger partial charge in [-0.2, -0.15) is 0 Å². The average Bonchev–Trinajstić information content (AvgIpc) is 3.40. The molecule has 2 N–H and O–H groups in total. The summed E-state index contributed by atoms with van der Waals surface area (Å²) < 4.78 is 6.03. The van der Waals surface area contributed by atoms with Crippen LogP contribution in [0.2, 0.25) is 0 Å². The molecule has 2 saturated heterocycles. The van der Waals surface area contributed by atoms with Crippen molar-refractivity contribution in [3.63, 3.8) is 0 Å². The number of anilines is 1. The molecule has 3 fully saturated rings. The Labute approximate surface area is 164 Å². The van der Waals surface area contributed by atoms with Crippen molar-refractivity contribution in [2.45, 2.75) is 49.3 Å². The van der Waals surface area contributed by atoms with Crippen molar-refractivity contribution in [2.24, 2.45) is 5.92 Å². The summed E-state index contributed by atoms with van der Waals surface area (Å²) in [5, 5.41) is 5.99. The molecule has 2 heterocycles. The van der Waals surface area contributed by atoms with Crippen LogP contribution in [0.15, 0.2) is 29.2 Å². The Balaban J connectivity index is 1.25. The molecule has 0 spiro atoms. The van der Waals surface area contributed by atoms with E-state index in [1.807, 2.05) is 24.3 Å². The second kappa shape index (κ2) is 8.20. The first-order valence-corrected chi connectivity index (χ1v) is 10.7. The maximum Gasteiger partial charge on any atom is 0.230 e. The Morgan fingerprint density at radius 2 is 2.07 bits per heavy atom. The van der Waals surface area contributed by atoms with Gasteiger partial charge in [0.05, 0.1) is 24.2 Å². The van der Waals surface area contributed by atoms with Crippen LogP contribution in [0.25, 0.3) is 0 Å². The van der Waals surface area contributed by atoms with Crippen LogP contribution >= 0.6 is 11.8 Å². The minimum atomic E-state index is -0.109. The molecule has 2 aliphatic heterocycles. The second-order valence-electron chi connectivity index (χ2n) is 7.78. The maximum atomic E-state index is 12.4. The van der Waals surface area contributed by atoms with Gasteiger partial charge in [-0.3, -0.25) is 14.5 Å². The van der Waals surface area contributed by atoms with Gasteiger partial charge in [-0.05, 0) is 37.3 Å². The average molecular weight is 390 g/mol. The summed E-state index contributed by atoms with van der Waals surface area (Å²) in [4.78, 5) is 27.1. The van der Waals surface area contributed by atoms with Crippen molar-refractivity contribution < 1.29 is 14.3 Å². The van der Waals surface area contributed by atoms with Gasteiger partial charge in [-0.1, -0.05) is 12.1 Å². The molecular formula is C20H27N3O3S. The van der Waals surface area contributed by atoms with Crippen LogP contribution in [-0.2, 0) is 14.3 Å². The molecule has 2 amide bonds. The zero-order valence-corrected chi connectivity index (χ0v) is 16.5. The van der Waals surface area contributed by atoms with E-state index < -0.39 is 0 Å². The third-order valence-corrected chi connectivity index (χ3v) is 6.59. The van der Waals surface area contributed by atoms with Crippen LogP contribution in [0.5, 0.6) is 0 Å². The zero-order valence-electron chi connectivity index (χ0n) is 15.6. The molecule has 4 rings (SSSR count). The summed E-state index contributed by atoms with van der Waals surface area (Å²) in [5.41, 5.74) is 0.754. The first-order valence-electron chi connectivity index (χ1n) is 9.73. The number of para-hydroxylation sites is 1. The third kappa shape index (κ3) is 4.83. The fraction of sp³-hybridized carbons (Fsp3) is 0.600. The molecule has 3 atom stereocenters. The Kier molecular flexibility index (Phi) is 5.71. The topological polar surface area (TPSA) is 70.7 Å². The normalized spacial score (nSPS) is 27.8. The number of carbonyl (C=O) groups is 2. The van der Waals surface area contributed by atoms with Gasteiger partial charge in [0.1, 0.15) is 0 Å². The van der Waals surface area contributed by atoms with Crippen molar-refractivity contribution in [1.82, 2.24) is 10.2 Å². The number of amides is 2. The molecule has 1 saturated carbocycles. The molecule has 0 bridgehead atoms. The van der Waals surface area contributed by atoms with E-state index in [9.17, 15) is 9.59 Å². The smallest absolute Gasteiger partial charge is 0.230 e. The van der Waals surface area contributed by atoms with Crippen molar-refractivity contribution in [3.8, 4) is 0 Å². The van der Waals surface area contributed by atoms with Crippen LogP contribution in [-0.4, -0.2) is 60.4 Å². The zero-order chi connectivity index (χ0) is 18.8. The predicted molar refractivity (Wildman–Crippen MR) is 106 cm³/mol. The quantitative estimate of drug-likeness (QED) is 0.729. The van der Waals surface area contributed by atoms with Gasteiger partial charge in [0.25, 0.3) is 0 Å². The van der Waals surface area contributed by atoms with E-state index in [0.717, 1.165) is 42.6 Å². The van der Waals surface area contributed by atoms with E-state index in [2.05, 4.69) is 15.5 Å². The number of carbonyl (C=O) groups excluding carboxylic acids is 2. The van der Waals surface area contributed by atoms with Crippen LogP contribution in [0.3, 0.4) is 0 Å². The summed E-state index contributed by atoms with van der Waals surface area (Å²) in [7, 11) is 0. The Bertz CT molecular complexity index is 709. The Morgan fingerprint density at radius 1 is 1.26 bits per heavy atom. The van der Waals surface area contributed by atoms with Gasteiger partial charge < -0.3 is 15.4 Å². The van der Waals surface area contributed by atoms with Crippen molar-refractivity contribution in [3.05, 3.63) is 24.3 Å². The number of morpholine rings is 1. The first-order chi connectivity index (χ1) is 13.1. The van der Waals surface area contributed by atoms with Crippen LogP contribution in [0, 0.1) is 5.92 Å². The Hall–Kier alpha value is -1.57. The third-order valence-electron chi connectivity index (χ3n) is 5.51. The minimum Gasteiger partial charge on any atom is -0.375 e. The van der Waals surface area contributed by atoms with Crippen molar-refractivity contribution in [1.29, 1.82) is 0 Å². The summed E-state index contributed by atoms with van der Waals surface area (Å²) in [5.74, 6) is 1.04. The lowest BCUT2D eigenvalue weighted by Gasteiger charge is -2.35. The van der Waals surface area contributed by atoms with E-state index in [1.165, 1.54) is 31.5 Å². The number of benzene rings is 1. The summed E-state index contributed by atoms with van der Waals surface area (Å²) in [6, 6.07) is 8.22. The standard InChI is InChI=1S/C20H27N3O3S/c1-13(24)21-17-4-2-3-5-19(17)27-12-20(25)22-15-8-16-11-26-18(14-6-7-14)10-23(16)9-15/h2-5,14-16,18H,6-12H2,1H3,(H,21,24)(H,22,25)/t15-,16+,18-/m1/s1. The number of fused-ring (bicyclic) bond motifs is 1. The number of nitrogens with one attached hydrogen (secondary N) is 2. The minimum absolute atomic E-state index is 0.0436. The highest BCUT2D eigenvalue weighted by Gasteiger charge is 2.42. The molecule has 0 aromatic heterocycles. The molecular weight excluding hydrogens is 362 g/mol. The lowest BCUT2D eigenvalue weighted by atomic mass is 10.1. The molecule has 0 radical (unpaired) electrons. The predicted octanol–water partition coefficient (Wildman–Crippen LogP) is 2.10. The first kappa shape index (κ1) is 18.8. The van der Waals surface area contributed by atoms with Gasteiger partial charge in [0.15, 0.2) is 0 Å². The van der Waals surface area contributed by atoms with Crippen molar-refractivity contribution in [2.75, 3.05) is 30.8 Å². The highest BCUT2D eigenvalue weighted by atomic mass is 32.2. The second-order valence-corrected chi connectivity index (χ2v) is 8.80. The fourth-order valence-corrected chi connectivity index (χ4v) is 4.87. The number of hydrogen-bond donors (Lipinski definition) is 2. The van der Waals surface area contributed by atoms with Gasteiger partial charge in [-0.15, -0.1) is 11.8 Å². The van der Waals surface area contributed by atoms with E-state index in [1.54, 1.807) is 0 Å². The molecule has 146 valence electrons. The number of hydrogen-bond acceptors (Lipinski definition) is 5. The van der Waals surface area contributed by atoms with Gasteiger partial charge in [-0.25, -0.2) is 0 Å².